The summed E-state index contributed by atoms with van der Waals surface area (Å²) in [5.74, 6) is -8.13. The molecule has 1 saturated carbocycles. The number of carbonyl (C=O) groups is 5. The highest BCUT2D eigenvalue weighted by molar-refractivity contribution is 6.39. The summed E-state index contributed by atoms with van der Waals surface area (Å²) >= 11 is 0. The van der Waals surface area contributed by atoms with E-state index in [1.807, 2.05) is 70.2 Å². The maximum Gasteiger partial charge on any atom is 0.329 e. The number of cyclic esters (lactones) is 1. The van der Waals surface area contributed by atoms with Crippen molar-refractivity contribution in [2.45, 2.75) is 193 Å². The van der Waals surface area contributed by atoms with Crippen LogP contribution in [0.25, 0.3) is 0 Å². The Hall–Kier alpha value is -4.23. The molecule has 1 amide bonds. The second-order valence-corrected chi connectivity index (χ2v) is 22.3. The van der Waals surface area contributed by atoms with Crippen LogP contribution in [0.1, 0.15) is 143 Å². The lowest BCUT2D eigenvalue weighted by molar-refractivity contribution is -0.265. The molecule has 1 unspecified atom stereocenters. The van der Waals surface area contributed by atoms with Gasteiger partial charge in [-0.1, -0.05) is 95.3 Å². The average molecular weight is 1060 g/mol. The van der Waals surface area contributed by atoms with E-state index in [1.165, 1.54) is 12.0 Å². The molecule has 2 bridgehead atoms. The fourth-order valence-corrected chi connectivity index (χ4v) is 11.4. The second-order valence-electron chi connectivity index (χ2n) is 22.3. The molecule has 16 atom stereocenters. The van der Waals surface area contributed by atoms with Crippen molar-refractivity contribution in [1.82, 2.24) is 4.90 Å². The number of carbonyl (C=O) groups excluding carboxylic acids is 5. The number of hydrogen-bond donors (Lipinski definition) is 4. The molecule has 3 aliphatic heterocycles. The van der Waals surface area contributed by atoms with Gasteiger partial charge >= 0.3 is 5.97 Å². The molecule has 0 spiro atoms. The highest BCUT2D eigenvalue weighted by Crippen LogP contribution is 2.38. The third-order valence-corrected chi connectivity index (χ3v) is 16.5. The number of allylic oxidation sites excluding steroid dienone is 6. The lowest BCUT2D eigenvalue weighted by Crippen LogP contribution is -2.61. The van der Waals surface area contributed by atoms with Gasteiger partial charge < -0.3 is 53.7 Å². The summed E-state index contributed by atoms with van der Waals surface area (Å²) < 4.78 is 36.4. The maximum absolute atomic E-state index is 14.6. The molecule has 4 N–H and O–H groups in total. The number of rotatable bonds is 11. The molecule has 1 aromatic carbocycles. The number of ketones is 3. The van der Waals surface area contributed by atoms with Gasteiger partial charge in [-0.15, -0.1) is 0 Å². The monoisotopic (exact) mass is 1060 g/mol. The lowest BCUT2D eigenvalue weighted by Gasteiger charge is -2.42. The van der Waals surface area contributed by atoms with E-state index < -0.39 is 83.9 Å². The van der Waals surface area contributed by atoms with Crippen LogP contribution in [0.4, 0.5) is 0 Å². The van der Waals surface area contributed by atoms with Gasteiger partial charge in [0.15, 0.2) is 5.78 Å². The van der Waals surface area contributed by atoms with Crippen LogP contribution in [0.3, 0.4) is 0 Å². The number of methoxy groups -OCH3 is 3. The zero-order valence-electron chi connectivity index (χ0n) is 46.8. The molecule has 0 radical (unpaired) electrons. The molecule has 16 heteroatoms. The summed E-state index contributed by atoms with van der Waals surface area (Å²) in [6, 6.07) is 6.07. The number of amides is 1. The van der Waals surface area contributed by atoms with Crippen LogP contribution in [0.5, 0.6) is 0 Å². The van der Waals surface area contributed by atoms with E-state index in [1.54, 1.807) is 53.2 Å². The van der Waals surface area contributed by atoms with E-state index >= 15 is 0 Å². The molecule has 76 heavy (non-hydrogen) atoms. The number of aliphatic hydroxyl groups is 4. The van der Waals surface area contributed by atoms with Gasteiger partial charge in [-0.2, -0.15) is 0 Å². The smallest absolute Gasteiger partial charge is 0.329 e. The fourth-order valence-electron chi connectivity index (χ4n) is 11.4. The first kappa shape index (κ1) is 62.6. The summed E-state index contributed by atoms with van der Waals surface area (Å²) in [5.41, 5.74) is 2.77. The molecular formula is C60H89NO15. The molecule has 0 aromatic heterocycles. The summed E-state index contributed by atoms with van der Waals surface area (Å²) in [6.07, 6.45) is 10.7. The zero-order valence-corrected chi connectivity index (χ0v) is 46.8. The number of Topliss-reactive ketones (excluding diaryl/α,β-unsaturated/α-hetero) is 3. The van der Waals surface area contributed by atoms with Crippen molar-refractivity contribution >= 4 is 29.2 Å². The van der Waals surface area contributed by atoms with Crippen LogP contribution in [0.15, 0.2) is 71.9 Å². The molecule has 1 aromatic rings. The Kier molecular flexibility index (Phi) is 24.4. The summed E-state index contributed by atoms with van der Waals surface area (Å²) in [6.45, 7) is 12.7. The largest absolute Gasteiger partial charge is 0.460 e. The number of nitrogens with zero attached hydrogens (tertiary/aromatic N) is 1. The Labute approximate surface area is 451 Å². The van der Waals surface area contributed by atoms with Crippen molar-refractivity contribution < 1.29 is 72.8 Å². The molecule has 2 saturated heterocycles. The van der Waals surface area contributed by atoms with Crippen LogP contribution >= 0.6 is 0 Å². The Balaban J connectivity index is 1.42. The normalized spacial score (nSPS) is 36.7. The Bertz CT molecular complexity index is 2200. The van der Waals surface area contributed by atoms with Gasteiger partial charge in [-0.25, -0.2) is 4.79 Å². The van der Waals surface area contributed by atoms with E-state index in [-0.39, 0.29) is 67.5 Å². The molecule has 1 aliphatic carbocycles. The first-order chi connectivity index (χ1) is 36.1. The molecule has 16 nitrogen and oxygen atoms in total. The second kappa shape index (κ2) is 29.7. The van der Waals surface area contributed by atoms with Crippen molar-refractivity contribution in [3.8, 4) is 0 Å². The highest BCUT2D eigenvalue weighted by atomic mass is 16.6. The molecule has 5 rings (SSSR count). The number of aliphatic hydroxyl groups excluding tert-OH is 3. The fraction of sp³-hybridized carbons (Fsp3) is 0.683. The minimum Gasteiger partial charge on any atom is -0.460 e. The SMILES string of the molecule is CO[C@H]1C[C@@H]2CC[C@@H](C)[C@@](O)(O2)C(=O)C(=O)N2CCCC[C@H]2C(=O)O[C@H]([C@H](C)C[C@@H]2CC[C@@H](OCc3ccc(C(O)CO)cc3)[C@H](OC)C2)CC(=O)[C@H](C)/C=C(\C)[C@@H](O)[C@@H](OC)C(=O)[C@H](C)C[C@H](C)/C=C/C=C/C=C/1C. The van der Waals surface area contributed by atoms with E-state index in [2.05, 4.69) is 0 Å². The van der Waals surface area contributed by atoms with Gasteiger partial charge in [0.05, 0.1) is 37.6 Å². The van der Waals surface area contributed by atoms with Crippen molar-refractivity contribution in [2.75, 3.05) is 34.5 Å². The number of hydrogen-bond acceptors (Lipinski definition) is 15. The summed E-state index contributed by atoms with van der Waals surface area (Å²) in [4.78, 5) is 72.7. The maximum atomic E-state index is 14.6. The van der Waals surface area contributed by atoms with Crippen LogP contribution in [-0.4, -0.2) is 144 Å². The Morgan fingerprint density at radius 1 is 0.829 bits per heavy atom. The molecule has 424 valence electrons. The van der Waals surface area contributed by atoms with Crippen LogP contribution in [-0.2, 0) is 59.0 Å². The predicted molar refractivity (Wildman–Crippen MR) is 286 cm³/mol. The number of esters is 1. The van der Waals surface area contributed by atoms with E-state index in [0.29, 0.717) is 75.5 Å². The Morgan fingerprint density at radius 2 is 1.55 bits per heavy atom. The van der Waals surface area contributed by atoms with Gasteiger partial charge in [-0.3, -0.25) is 19.2 Å². The average Bonchev–Trinajstić information content (AvgIpc) is 3.41. The van der Waals surface area contributed by atoms with E-state index in [4.69, 9.17) is 28.4 Å². The van der Waals surface area contributed by atoms with Gasteiger partial charge in [0, 0.05) is 58.5 Å². The van der Waals surface area contributed by atoms with Crippen molar-refractivity contribution in [3.05, 3.63) is 83.0 Å². The predicted octanol–water partition coefficient (Wildman–Crippen LogP) is 7.43. The number of piperidine rings is 1. The highest BCUT2D eigenvalue weighted by Gasteiger charge is 2.53. The third-order valence-electron chi connectivity index (χ3n) is 16.5. The van der Waals surface area contributed by atoms with Gasteiger partial charge in [0.25, 0.3) is 11.7 Å². The topological polar surface area (TPSA) is 225 Å². The minimum absolute atomic E-state index is 0.00566. The van der Waals surface area contributed by atoms with E-state index in [0.717, 1.165) is 17.6 Å². The van der Waals surface area contributed by atoms with Crippen LogP contribution < -0.4 is 0 Å². The minimum atomic E-state index is -2.45. The number of ether oxygens (including phenoxy) is 6. The molecule has 4 aliphatic rings. The van der Waals surface area contributed by atoms with Gasteiger partial charge in [0.1, 0.15) is 36.2 Å². The summed E-state index contributed by atoms with van der Waals surface area (Å²) in [7, 11) is 4.60. The first-order valence-electron chi connectivity index (χ1n) is 27.6. The van der Waals surface area contributed by atoms with Crippen molar-refractivity contribution in [3.63, 3.8) is 0 Å². The van der Waals surface area contributed by atoms with Crippen molar-refractivity contribution in [2.24, 2.45) is 35.5 Å². The van der Waals surface area contributed by atoms with Gasteiger partial charge in [-0.05, 0) is 118 Å². The molecular weight excluding hydrogens is 975 g/mol. The molecule has 3 fully saturated rings. The van der Waals surface area contributed by atoms with E-state index in [9.17, 15) is 44.4 Å². The third kappa shape index (κ3) is 16.7. The van der Waals surface area contributed by atoms with Crippen LogP contribution in [0.2, 0.25) is 0 Å². The van der Waals surface area contributed by atoms with Crippen molar-refractivity contribution in [1.29, 1.82) is 0 Å². The van der Waals surface area contributed by atoms with Gasteiger partial charge in [0.2, 0.25) is 5.79 Å². The number of benzene rings is 1. The lowest BCUT2D eigenvalue weighted by atomic mass is 9.78. The molecule has 3 heterocycles. The van der Waals surface area contributed by atoms with Crippen LogP contribution in [0, 0.1) is 35.5 Å². The zero-order chi connectivity index (χ0) is 55.9. The quantitative estimate of drug-likeness (QED) is 0.0961. The number of fused-ring (bicyclic) bond motifs is 3. The summed E-state index contributed by atoms with van der Waals surface area (Å²) in [5, 5.41) is 42.9. The first-order valence-corrected chi connectivity index (χ1v) is 27.6. The standard InChI is InChI=1S/C60H89NO15/c1-36-16-12-11-13-17-37(2)51(71-8)32-46-25-19-42(7)60(70,76-46)57(67)58(68)61-27-15-14-18-47(61)59(69)75-52(33-48(63)38(3)29-41(6)55(66)56(73-10)54(65)40(5)28-36)39(4)30-44-22-26-50(53(31-44)72-9)74-35-43-20-23-45(24-21-43)49(64)34-62/h11-13,16-17,20-21,23-24,29,36,38-40,42,44,46-47,49-53,55-56,62,64,66,70H,14-15,18-19,22,25-28,30-35H2,1-10H3/b13-11+,16-12+,37-17+,41-29+/t36-,38-,39-,40-,42-,44+,46+,47+,49?,50-,51+,52+,53-,55-,56+,60-/m1/s1. The Morgan fingerprint density at radius 3 is 2.22 bits per heavy atom.